The van der Waals surface area contributed by atoms with Gasteiger partial charge in [0, 0.05) is 6.92 Å². The van der Waals surface area contributed by atoms with E-state index in [0.717, 1.165) is 4.48 Å². The number of rotatable bonds is 0. The first-order chi connectivity index (χ1) is 5.39. The van der Waals surface area contributed by atoms with Crippen molar-refractivity contribution in [3.63, 3.8) is 0 Å². The van der Waals surface area contributed by atoms with Crippen LogP contribution in [0.15, 0.2) is 0 Å². The van der Waals surface area contributed by atoms with Crippen LogP contribution < -0.4 is 17.0 Å². The topological polar surface area (TPSA) is 9.23 Å². The Morgan fingerprint density at radius 2 is 2.00 bits per heavy atom. The SMILES string of the molecule is CC1OC2C(Br)C[N+]1(C)C2(C)C.[Br-]. The molecule has 2 saturated heterocycles. The maximum absolute atomic E-state index is 5.92. The molecule has 0 aromatic carbocycles. The predicted molar refractivity (Wildman–Crippen MR) is 52.2 cm³/mol. The van der Waals surface area contributed by atoms with Crippen LogP contribution in [-0.2, 0) is 4.74 Å². The standard InChI is InChI=1S/C9H17BrNO.BrH/c1-6-11(4)5-7(10)8(12-6)9(11,2)3;/h6-8H,5H2,1-4H3;1H/q+1;/p-1. The van der Waals surface area contributed by atoms with Crippen LogP contribution in [0.5, 0.6) is 0 Å². The Kier molecular flexibility index (Phi) is 2.93. The van der Waals surface area contributed by atoms with Gasteiger partial charge in [-0.25, -0.2) is 0 Å². The number of likely N-dealkylation sites (N-methyl/N-ethyl adjacent to an activating group) is 1. The lowest BCUT2D eigenvalue weighted by Gasteiger charge is -2.39. The zero-order valence-corrected chi connectivity index (χ0v) is 11.7. The summed E-state index contributed by atoms with van der Waals surface area (Å²) in [6.07, 6.45) is 0.747. The van der Waals surface area contributed by atoms with Crippen molar-refractivity contribution < 1.29 is 26.2 Å². The van der Waals surface area contributed by atoms with E-state index in [1.807, 2.05) is 0 Å². The molecule has 0 aliphatic carbocycles. The molecule has 2 fully saturated rings. The molecule has 2 aliphatic rings. The zero-order valence-electron chi connectivity index (χ0n) is 8.55. The van der Waals surface area contributed by atoms with E-state index in [1.165, 1.54) is 6.54 Å². The first-order valence-corrected chi connectivity index (χ1v) is 5.46. The van der Waals surface area contributed by atoms with Crippen molar-refractivity contribution >= 4 is 15.9 Å². The lowest BCUT2D eigenvalue weighted by Crippen LogP contribution is -3.00. The third kappa shape index (κ3) is 1.25. The minimum Gasteiger partial charge on any atom is -1.00 e. The molecule has 4 heteroatoms. The molecule has 0 aromatic rings. The molecule has 0 radical (unpaired) electrons. The van der Waals surface area contributed by atoms with E-state index in [0.29, 0.717) is 17.2 Å². The first kappa shape index (κ1) is 12.0. The molecule has 0 amide bonds. The number of alkyl halides is 1. The summed E-state index contributed by atoms with van der Waals surface area (Å²) in [6, 6.07) is 0. The second-order valence-corrected chi connectivity index (χ2v) is 5.95. The Balaban J connectivity index is 0.000000845. The van der Waals surface area contributed by atoms with Crippen LogP contribution in [0, 0.1) is 0 Å². The number of hydrogen-bond donors (Lipinski definition) is 0. The number of nitrogens with zero attached hydrogens (tertiary/aromatic N) is 1. The summed E-state index contributed by atoms with van der Waals surface area (Å²) in [6.45, 7) is 7.99. The predicted octanol–water partition coefficient (Wildman–Crippen LogP) is -1.26. The summed E-state index contributed by atoms with van der Waals surface area (Å²) in [5, 5.41) is 0. The van der Waals surface area contributed by atoms with Crippen LogP contribution in [0.1, 0.15) is 20.8 Å². The van der Waals surface area contributed by atoms with E-state index >= 15 is 0 Å². The monoisotopic (exact) mass is 313 g/mol. The largest absolute Gasteiger partial charge is 1.00 e. The Labute approximate surface area is 99.1 Å². The maximum atomic E-state index is 5.92. The van der Waals surface area contributed by atoms with Gasteiger partial charge in [0.05, 0.1) is 18.4 Å². The molecule has 2 nitrogen and oxygen atoms in total. The Hall–Kier alpha value is 0.880. The summed E-state index contributed by atoms with van der Waals surface area (Å²) in [7, 11) is 2.30. The van der Waals surface area contributed by atoms with E-state index in [-0.39, 0.29) is 22.5 Å². The number of halogens is 2. The highest BCUT2D eigenvalue weighted by Crippen LogP contribution is 2.48. The molecule has 0 spiro atoms. The third-order valence-electron chi connectivity index (χ3n) is 4.04. The highest BCUT2D eigenvalue weighted by atomic mass is 79.9. The zero-order chi connectivity index (χ0) is 9.15. The molecule has 13 heavy (non-hydrogen) atoms. The van der Waals surface area contributed by atoms with Gasteiger partial charge in [-0.2, -0.15) is 0 Å². The molecule has 0 N–H and O–H groups in total. The van der Waals surface area contributed by atoms with Crippen molar-refractivity contribution in [3.05, 3.63) is 0 Å². The van der Waals surface area contributed by atoms with E-state index < -0.39 is 0 Å². The van der Waals surface area contributed by atoms with Gasteiger partial charge in [0.15, 0.2) is 6.23 Å². The second-order valence-electron chi connectivity index (χ2n) is 4.78. The molecule has 0 aromatic heterocycles. The highest BCUT2D eigenvalue weighted by Gasteiger charge is 2.66. The van der Waals surface area contributed by atoms with Crippen LogP contribution >= 0.6 is 15.9 Å². The van der Waals surface area contributed by atoms with Gasteiger partial charge in [-0.15, -0.1) is 0 Å². The molecule has 78 valence electrons. The molecular formula is C9H17Br2NO. The Morgan fingerprint density at radius 1 is 1.46 bits per heavy atom. The molecule has 4 unspecified atom stereocenters. The van der Waals surface area contributed by atoms with Gasteiger partial charge in [0.25, 0.3) is 0 Å². The minimum absolute atomic E-state index is 0. The lowest BCUT2D eigenvalue weighted by molar-refractivity contribution is -0.964. The summed E-state index contributed by atoms with van der Waals surface area (Å²) in [4.78, 5) is 0.536. The van der Waals surface area contributed by atoms with E-state index in [9.17, 15) is 0 Å². The third-order valence-corrected chi connectivity index (χ3v) is 4.81. The molecule has 2 bridgehead atoms. The van der Waals surface area contributed by atoms with E-state index in [4.69, 9.17) is 4.74 Å². The van der Waals surface area contributed by atoms with Crippen molar-refractivity contribution in [1.29, 1.82) is 0 Å². The fourth-order valence-electron chi connectivity index (χ4n) is 2.64. The number of fused-ring (bicyclic) bond motifs is 2. The average Bonchev–Trinajstić information content (AvgIpc) is 2.18. The van der Waals surface area contributed by atoms with Gasteiger partial charge >= 0.3 is 0 Å². The van der Waals surface area contributed by atoms with Crippen molar-refractivity contribution in [3.8, 4) is 0 Å². The van der Waals surface area contributed by atoms with Crippen LogP contribution in [0.2, 0.25) is 0 Å². The maximum Gasteiger partial charge on any atom is 0.191 e. The van der Waals surface area contributed by atoms with Gasteiger partial charge < -0.3 is 21.7 Å². The van der Waals surface area contributed by atoms with Crippen molar-refractivity contribution in [2.24, 2.45) is 0 Å². The van der Waals surface area contributed by atoms with Crippen molar-refractivity contribution in [1.82, 2.24) is 0 Å². The number of hydrogen-bond acceptors (Lipinski definition) is 1. The van der Waals surface area contributed by atoms with Crippen LogP contribution in [0.3, 0.4) is 0 Å². The molecule has 4 atom stereocenters. The normalized spacial score (nSPS) is 51.9. The van der Waals surface area contributed by atoms with Crippen LogP contribution in [-0.4, -0.2) is 40.8 Å². The summed E-state index contributed by atoms with van der Waals surface area (Å²) in [5.41, 5.74) is 0.271. The highest BCUT2D eigenvalue weighted by molar-refractivity contribution is 9.09. The number of quaternary nitrogens is 1. The molecule has 2 aliphatic heterocycles. The second kappa shape index (κ2) is 3.19. The van der Waals surface area contributed by atoms with Gasteiger partial charge in [-0.3, -0.25) is 4.48 Å². The molecule has 2 heterocycles. The van der Waals surface area contributed by atoms with Crippen LogP contribution in [0.25, 0.3) is 0 Å². The fraction of sp³-hybridized carbons (Fsp3) is 1.00. The van der Waals surface area contributed by atoms with Gasteiger partial charge in [-0.1, -0.05) is 15.9 Å². The lowest BCUT2D eigenvalue weighted by atomic mass is 9.98. The van der Waals surface area contributed by atoms with Crippen molar-refractivity contribution in [2.75, 3.05) is 13.6 Å². The van der Waals surface area contributed by atoms with Gasteiger partial charge in [-0.05, 0) is 13.8 Å². The van der Waals surface area contributed by atoms with Crippen LogP contribution in [0.4, 0.5) is 0 Å². The smallest absolute Gasteiger partial charge is 0.191 e. The van der Waals surface area contributed by atoms with E-state index in [2.05, 4.69) is 43.7 Å². The quantitative estimate of drug-likeness (QED) is 0.400. The van der Waals surface area contributed by atoms with Gasteiger partial charge in [0.1, 0.15) is 11.6 Å². The molecular weight excluding hydrogens is 298 g/mol. The Bertz CT molecular complexity index is 222. The summed E-state index contributed by atoms with van der Waals surface area (Å²) in [5.74, 6) is 0. The van der Waals surface area contributed by atoms with Crippen molar-refractivity contribution in [2.45, 2.75) is 43.5 Å². The van der Waals surface area contributed by atoms with E-state index in [1.54, 1.807) is 0 Å². The average molecular weight is 315 g/mol. The molecule has 0 saturated carbocycles. The summed E-state index contributed by atoms with van der Waals surface area (Å²) < 4.78 is 6.97. The molecule has 2 rings (SSSR count). The number of ether oxygens (including phenoxy) is 1. The van der Waals surface area contributed by atoms with Gasteiger partial charge in [0.2, 0.25) is 0 Å². The first-order valence-electron chi connectivity index (χ1n) is 4.54. The Morgan fingerprint density at radius 3 is 2.23 bits per heavy atom. The summed E-state index contributed by atoms with van der Waals surface area (Å²) >= 11 is 3.69. The fourth-order valence-corrected chi connectivity index (χ4v) is 4.01. The minimum atomic E-state index is 0.